The number of hydrazone groups is 1. The second-order valence-electron chi connectivity index (χ2n) is 6.99. The normalized spacial score (nSPS) is 17.3. The molecule has 6 nitrogen and oxygen atoms in total. The van der Waals surface area contributed by atoms with Crippen molar-refractivity contribution in [2.45, 2.75) is 33.1 Å². The predicted octanol–water partition coefficient (Wildman–Crippen LogP) is 3.40. The Morgan fingerprint density at radius 2 is 1.96 bits per heavy atom. The van der Waals surface area contributed by atoms with Crippen LogP contribution in [0.3, 0.4) is 0 Å². The van der Waals surface area contributed by atoms with Crippen LogP contribution in [0.4, 0.5) is 5.69 Å². The maximum atomic E-state index is 12.5. The van der Waals surface area contributed by atoms with E-state index in [2.05, 4.69) is 22.2 Å². The second kappa shape index (κ2) is 7.82. The van der Waals surface area contributed by atoms with E-state index in [9.17, 15) is 13.2 Å². The van der Waals surface area contributed by atoms with Crippen molar-refractivity contribution in [2.24, 2.45) is 11.0 Å². The summed E-state index contributed by atoms with van der Waals surface area (Å²) in [6.07, 6.45) is 4.21. The number of thiophene rings is 1. The third kappa shape index (κ3) is 4.95. The van der Waals surface area contributed by atoms with Crippen molar-refractivity contribution < 1.29 is 13.2 Å². The monoisotopic (exact) mass is 405 g/mol. The lowest BCUT2D eigenvalue weighted by Crippen LogP contribution is -2.21. The fraction of sp³-hybridized carbons (Fsp3) is 0.368. The zero-order valence-corrected chi connectivity index (χ0v) is 17.2. The van der Waals surface area contributed by atoms with Gasteiger partial charge in [0.05, 0.1) is 17.5 Å². The summed E-state index contributed by atoms with van der Waals surface area (Å²) in [5.74, 6) is 0.490. The third-order valence-corrected chi connectivity index (χ3v) is 6.24. The van der Waals surface area contributed by atoms with Crippen LogP contribution in [0.1, 0.15) is 46.6 Å². The Bertz CT molecular complexity index is 976. The van der Waals surface area contributed by atoms with Crippen molar-refractivity contribution in [1.82, 2.24) is 5.43 Å². The first-order valence-corrected chi connectivity index (χ1v) is 11.5. The Morgan fingerprint density at radius 3 is 2.63 bits per heavy atom. The molecule has 2 N–H and O–H groups in total. The molecule has 1 aromatic carbocycles. The Hall–Kier alpha value is -2.19. The molecule has 3 rings (SSSR count). The van der Waals surface area contributed by atoms with E-state index in [-0.39, 0.29) is 5.91 Å². The number of amides is 1. The van der Waals surface area contributed by atoms with Gasteiger partial charge in [-0.05, 0) is 55.4 Å². The number of anilines is 1. The fourth-order valence-corrected chi connectivity index (χ4v) is 4.93. The van der Waals surface area contributed by atoms with E-state index in [1.807, 2.05) is 5.38 Å². The minimum absolute atomic E-state index is 0.184. The summed E-state index contributed by atoms with van der Waals surface area (Å²) in [6, 6.07) is 6.83. The minimum Gasteiger partial charge on any atom is -0.284 e. The fourth-order valence-electron chi connectivity index (χ4n) is 3.12. The number of carbonyl (C=O) groups excluding carboxylic acids is 1. The molecule has 0 bridgehead atoms. The lowest BCUT2D eigenvalue weighted by molar-refractivity contribution is 0.0954. The number of hydrogen-bond donors (Lipinski definition) is 2. The molecule has 0 radical (unpaired) electrons. The molecule has 1 unspecified atom stereocenters. The Labute approximate surface area is 163 Å². The maximum Gasteiger partial charge on any atom is 0.272 e. The van der Waals surface area contributed by atoms with Crippen LogP contribution in [0.25, 0.3) is 0 Å². The van der Waals surface area contributed by atoms with Gasteiger partial charge in [-0.1, -0.05) is 19.1 Å². The standard InChI is InChI=1S/C19H23N3O3S2/c1-12-4-9-16-17(11-26-18(16)10-12)19(23)21-20-13(2)14-5-7-15(8-6-14)22-27(3,24)25/h5-8,11-12,22H,4,9-10H2,1-3H3,(H,21,23)/b20-13+. The first kappa shape index (κ1) is 19.6. The molecule has 0 saturated carbocycles. The van der Waals surface area contributed by atoms with Crippen molar-refractivity contribution >= 4 is 38.7 Å². The van der Waals surface area contributed by atoms with Gasteiger partial charge in [0.25, 0.3) is 5.91 Å². The molecule has 2 aromatic rings. The van der Waals surface area contributed by atoms with E-state index in [0.717, 1.165) is 36.6 Å². The lowest BCUT2D eigenvalue weighted by atomic mass is 9.88. The van der Waals surface area contributed by atoms with E-state index in [1.165, 1.54) is 10.4 Å². The summed E-state index contributed by atoms with van der Waals surface area (Å²) in [5, 5.41) is 6.13. The molecular weight excluding hydrogens is 382 g/mol. The number of hydrogen-bond acceptors (Lipinski definition) is 5. The van der Waals surface area contributed by atoms with Crippen LogP contribution < -0.4 is 10.1 Å². The molecule has 1 atom stereocenters. The number of nitrogens with one attached hydrogen (secondary N) is 2. The zero-order valence-electron chi connectivity index (χ0n) is 15.6. The van der Waals surface area contributed by atoms with Gasteiger partial charge in [0, 0.05) is 15.9 Å². The molecule has 1 aliphatic carbocycles. The highest BCUT2D eigenvalue weighted by Crippen LogP contribution is 2.32. The van der Waals surface area contributed by atoms with Crippen LogP contribution in [0, 0.1) is 5.92 Å². The third-order valence-electron chi connectivity index (χ3n) is 4.58. The van der Waals surface area contributed by atoms with Crippen molar-refractivity contribution in [3.8, 4) is 0 Å². The number of sulfonamides is 1. The summed E-state index contributed by atoms with van der Waals surface area (Å²) in [5.41, 5.74) is 6.47. The van der Waals surface area contributed by atoms with Gasteiger partial charge in [-0.15, -0.1) is 11.3 Å². The lowest BCUT2D eigenvalue weighted by Gasteiger charge is -2.18. The highest BCUT2D eigenvalue weighted by Gasteiger charge is 2.23. The largest absolute Gasteiger partial charge is 0.284 e. The molecule has 1 aromatic heterocycles. The van der Waals surface area contributed by atoms with Crippen LogP contribution in [-0.2, 0) is 22.9 Å². The molecule has 0 fully saturated rings. The van der Waals surface area contributed by atoms with Crippen molar-refractivity contribution in [1.29, 1.82) is 0 Å². The molecule has 144 valence electrons. The summed E-state index contributed by atoms with van der Waals surface area (Å²) in [4.78, 5) is 13.8. The Balaban J connectivity index is 1.68. The average Bonchev–Trinajstić information content (AvgIpc) is 3.01. The second-order valence-corrected chi connectivity index (χ2v) is 9.70. The average molecular weight is 406 g/mol. The van der Waals surface area contributed by atoms with Gasteiger partial charge in [-0.2, -0.15) is 5.10 Å². The van der Waals surface area contributed by atoms with Gasteiger partial charge in [0.2, 0.25) is 10.0 Å². The smallest absolute Gasteiger partial charge is 0.272 e. The number of benzene rings is 1. The van der Waals surface area contributed by atoms with E-state index < -0.39 is 10.0 Å². The van der Waals surface area contributed by atoms with Crippen LogP contribution >= 0.6 is 11.3 Å². The van der Waals surface area contributed by atoms with Gasteiger partial charge in [-0.25, -0.2) is 13.8 Å². The molecule has 8 heteroatoms. The first-order chi connectivity index (χ1) is 12.7. The van der Waals surface area contributed by atoms with Crippen LogP contribution in [0.5, 0.6) is 0 Å². The van der Waals surface area contributed by atoms with E-state index in [1.54, 1.807) is 42.5 Å². The quantitative estimate of drug-likeness (QED) is 0.590. The van der Waals surface area contributed by atoms with Crippen LogP contribution in [0.2, 0.25) is 0 Å². The summed E-state index contributed by atoms with van der Waals surface area (Å²) in [6.45, 7) is 4.04. The van der Waals surface area contributed by atoms with Crippen LogP contribution in [0.15, 0.2) is 34.7 Å². The predicted molar refractivity (Wildman–Crippen MR) is 110 cm³/mol. The Morgan fingerprint density at radius 1 is 1.26 bits per heavy atom. The van der Waals surface area contributed by atoms with Gasteiger partial charge in [0.15, 0.2) is 0 Å². The number of carbonyl (C=O) groups is 1. The highest BCUT2D eigenvalue weighted by atomic mass is 32.2. The molecule has 1 aliphatic rings. The molecule has 1 heterocycles. The number of rotatable bonds is 5. The first-order valence-electron chi connectivity index (χ1n) is 8.75. The Kier molecular flexibility index (Phi) is 5.67. The zero-order chi connectivity index (χ0) is 19.6. The molecule has 0 aliphatic heterocycles. The minimum atomic E-state index is -3.30. The van der Waals surface area contributed by atoms with E-state index in [4.69, 9.17) is 0 Å². The summed E-state index contributed by atoms with van der Waals surface area (Å²) >= 11 is 1.66. The number of nitrogens with zero attached hydrogens (tertiary/aromatic N) is 1. The van der Waals surface area contributed by atoms with Gasteiger partial charge < -0.3 is 0 Å². The van der Waals surface area contributed by atoms with Gasteiger partial charge in [-0.3, -0.25) is 9.52 Å². The summed E-state index contributed by atoms with van der Waals surface area (Å²) < 4.78 is 24.9. The SMILES string of the molecule is C/C(=N\NC(=O)c1csc2c1CCC(C)C2)c1ccc(NS(C)(=O)=O)cc1. The van der Waals surface area contributed by atoms with Crippen molar-refractivity contribution in [3.63, 3.8) is 0 Å². The molecule has 27 heavy (non-hydrogen) atoms. The van der Waals surface area contributed by atoms with Crippen molar-refractivity contribution in [3.05, 3.63) is 51.2 Å². The molecule has 0 saturated heterocycles. The number of fused-ring (bicyclic) bond motifs is 1. The van der Waals surface area contributed by atoms with E-state index >= 15 is 0 Å². The maximum absolute atomic E-state index is 12.5. The molecule has 1 amide bonds. The van der Waals surface area contributed by atoms with Crippen molar-refractivity contribution in [2.75, 3.05) is 11.0 Å². The van der Waals surface area contributed by atoms with Gasteiger partial charge in [0.1, 0.15) is 0 Å². The van der Waals surface area contributed by atoms with E-state index in [0.29, 0.717) is 17.3 Å². The topological polar surface area (TPSA) is 87.6 Å². The summed E-state index contributed by atoms with van der Waals surface area (Å²) in [7, 11) is -3.30. The van der Waals surface area contributed by atoms with Crippen LogP contribution in [-0.4, -0.2) is 26.3 Å². The van der Waals surface area contributed by atoms with Gasteiger partial charge >= 0.3 is 0 Å². The molecule has 0 spiro atoms. The molecular formula is C19H23N3O3S2. The highest BCUT2D eigenvalue weighted by molar-refractivity contribution is 7.92.